The minimum absolute atomic E-state index is 0. The molecule has 34 heavy (non-hydrogen) atoms. The molecule has 1 aliphatic heterocycles. The van der Waals surface area contributed by atoms with Gasteiger partial charge in [-0.05, 0) is 110 Å². The van der Waals surface area contributed by atoms with Crippen LogP contribution in [-0.4, -0.2) is 19.1 Å². The Bertz CT molecular complexity index is 1080. The lowest BCUT2D eigenvalue weighted by Gasteiger charge is -2.37. The van der Waals surface area contributed by atoms with Crippen LogP contribution >= 0.6 is 12.4 Å². The number of anilines is 1. The van der Waals surface area contributed by atoms with Crippen LogP contribution in [0.25, 0.3) is 11.1 Å². The van der Waals surface area contributed by atoms with E-state index in [0.717, 1.165) is 42.7 Å². The van der Waals surface area contributed by atoms with Crippen LogP contribution in [0.5, 0.6) is 0 Å². The first-order chi connectivity index (χ1) is 15.7. The molecule has 0 spiro atoms. The number of nitrogens with zero attached hydrogens (tertiary/aromatic N) is 1. The number of aryl methyl sites for hydroxylation is 2. The number of hydrogen-bond acceptors (Lipinski definition) is 2. The first-order valence-electron chi connectivity index (χ1n) is 11.5. The number of nitrogens with one attached hydrogen (secondary N) is 1. The molecule has 0 aromatic heterocycles. The van der Waals surface area contributed by atoms with Crippen LogP contribution in [0.1, 0.15) is 40.7 Å². The zero-order chi connectivity index (χ0) is 23.6. The van der Waals surface area contributed by atoms with Crippen LogP contribution < -0.4 is 10.2 Å². The van der Waals surface area contributed by atoms with E-state index < -0.39 is 11.7 Å². The van der Waals surface area contributed by atoms with Crippen LogP contribution in [0.15, 0.2) is 60.7 Å². The summed E-state index contributed by atoms with van der Waals surface area (Å²) in [7, 11) is 0. The molecule has 1 aliphatic rings. The molecule has 182 valence electrons. The number of halogens is 4. The normalized spacial score (nSPS) is 14.5. The van der Waals surface area contributed by atoms with E-state index in [0.29, 0.717) is 6.54 Å². The summed E-state index contributed by atoms with van der Waals surface area (Å²) in [6.07, 6.45) is -2.38. The third kappa shape index (κ3) is 5.94. The zero-order valence-electron chi connectivity index (χ0n) is 19.9. The molecule has 3 aromatic rings. The number of rotatable bonds is 5. The highest BCUT2D eigenvalue weighted by atomic mass is 35.5. The van der Waals surface area contributed by atoms with Crippen molar-refractivity contribution in [3.63, 3.8) is 0 Å². The maximum Gasteiger partial charge on any atom is 0.416 e. The lowest BCUT2D eigenvalue weighted by Crippen LogP contribution is -2.43. The summed E-state index contributed by atoms with van der Waals surface area (Å²) in [6, 6.07) is 18.9. The molecule has 4 rings (SSSR count). The van der Waals surface area contributed by atoms with Crippen LogP contribution in [0.2, 0.25) is 0 Å². The molecule has 0 unspecified atom stereocenters. The predicted molar refractivity (Wildman–Crippen MR) is 137 cm³/mol. The van der Waals surface area contributed by atoms with Crippen molar-refractivity contribution in [2.75, 3.05) is 18.0 Å². The number of alkyl halides is 3. The average molecular weight is 489 g/mol. The molecule has 0 aliphatic carbocycles. The summed E-state index contributed by atoms with van der Waals surface area (Å²) in [5, 5.41) is 3.38. The number of piperidine rings is 1. The largest absolute Gasteiger partial charge is 0.416 e. The summed E-state index contributed by atoms with van der Waals surface area (Å²) < 4.78 is 39.3. The molecule has 0 amide bonds. The van der Waals surface area contributed by atoms with Gasteiger partial charge in [0.05, 0.1) is 5.56 Å². The van der Waals surface area contributed by atoms with E-state index in [4.69, 9.17) is 0 Å². The van der Waals surface area contributed by atoms with Crippen molar-refractivity contribution in [3.8, 4) is 11.1 Å². The van der Waals surface area contributed by atoms with E-state index in [1.807, 2.05) is 0 Å². The number of hydrogen-bond donors (Lipinski definition) is 1. The van der Waals surface area contributed by atoms with Crippen molar-refractivity contribution in [2.45, 2.75) is 52.4 Å². The lowest BCUT2D eigenvalue weighted by atomic mass is 9.95. The third-order valence-electron chi connectivity index (χ3n) is 6.82. The highest BCUT2D eigenvalue weighted by Gasteiger charge is 2.30. The molecule has 0 bridgehead atoms. The Morgan fingerprint density at radius 2 is 1.47 bits per heavy atom. The summed E-state index contributed by atoms with van der Waals surface area (Å²) in [5.74, 6) is 0. The molecule has 3 aromatic carbocycles. The van der Waals surface area contributed by atoms with Gasteiger partial charge in [0.2, 0.25) is 0 Å². The second-order valence-electron chi connectivity index (χ2n) is 9.09. The number of benzene rings is 3. The maximum absolute atomic E-state index is 13.1. The molecular weight excluding hydrogens is 457 g/mol. The average Bonchev–Trinajstić information content (AvgIpc) is 2.81. The minimum atomic E-state index is -4.32. The van der Waals surface area contributed by atoms with Crippen molar-refractivity contribution in [2.24, 2.45) is 0 Å². The third-order valence-corrected chi connectivity index (χ3v) is 6.82. The van der Waals surface area contributed by atoms with E-state index in [-0.39, 0.29) is 18.4 Å². The minimum Gasteiger partial charge on any atom is -0.364 e. The van der Waals surface area contributed by atoms with Crippen molar-refractivity contribution in [1.82, 2.24) is 5.32 Å². The predicted octanol–water partition coefficient (Wildman–Crippen LogP) is 7.48. The van der Waals surface area contributed by atoms with Crippen molar-refractivity contribution < 1.29 is 13.2 Å². The van der Waals surface area contributed by atoms with Crippen LogP contribution in [0, 0.1) is 20.8 Å². The molecule has 0 radical (unpaired) electrons. The topological polar surface area (TPSA) is 15.3 Å². The highest BCUT2D eigenvalue weighted by molar-refractivity contribution is 5.85. The summed E-state index contributed by atoms with van der Waals surface area (Å²) in [4.78, 5) is 2.27. The van der Waals surface area contributed by atoms with E-state index >= 15 is 0 Å². The zero-order valence-corrected chi connectivity index (χ0v) is 20.7. The first-order valence-corrected chi connectivity index (χ1v) is 11.5. The quantitative estimate of drug-likeness (QED) is 0.400. The Balaban J connectivity index is 0.00000324. The molecule has 0 atom stereocenters. The van der Waals surface area contributed by atoms with E-state index in [2.05, 4.69) is 67.4 Å². The van der Waals surface area contributed by atoms with Gasteiger partial charge in [-0.15, -0.1) is 12.4 Å². The molecular formula is C28H32ClF3N2. The summed E-state index contributed by atoms with van der Waals surface area (Å²) in [5.41, 5.74) is 7.60. The van der Waals surface area contributed by atoms with Gasteiger partial charge in [0, 0.05) is 18.3 Å². The second kappa shape index (κ2) is 10.8. The second-order valence-corrected chi connectivity index (χ2v) is 9.09. The monoisotopic (exact) mass is 488 g/mol. The Morgan fingerprint density at radius 1 is 0.853 bits per heavy atom. The lowest BCUT2D eigenvalue weighted by molar-refractivity contribution is -0.137. The van der Waals surface area contributed by atoms with Gasteiger partial charge in [-0.25, -0.2) is 0 Å². The van der Waals surface area contributed by atoms with Crippen molar-refractivity contribution in [1.29, 1.82) is 0 Å². The molecule has 0 saturated carbocycles. The van der Waals surface area contributed by atoms with E-state index in [9.17, 15) is 13.2 Å². The Hall–Kier alpha value is -2.50. The standard InChI is InChI=1S/C28H31F3N2.ClH/c1-19-15-24(16-20(2)21(19)3)23-6-4-5-22(17-23)18-33(27-11-13-32-14-12-27)26-9-7-25(8-10-26)28(29,30)31;/h4-10,15-17,27,32H,11-14,18H2,1-3H3;1H. The van der Waals surface area contributed by atoms with Gasteiger partial charge < -0.3 is 10.2 Å². The Kier molecular flexibility index (Phi) is 8.32. The molecule has 1 heterocycles. The van der Waals surface area contributed by atoms with Crippen LogP contribution in [0.3, 0.4) is 0 Å². The fourth-order valence-corrected chi connectivity index (χ4v) is 4.64. The first kappa shape index (κ1) is 26.1. The van der Waals surface area contributed by atoms with Crippen LogP contribution in [0.4, 0.5) is 18.9 Å². The van der Waals surface area contributed by atoms with Gasteiger partial charge in [-0.1, -0.05) is 30.3 Å². The Labute approximate surface area is 206 Å². The van der Waals surface area contributed by atoms with E-state index in [1.54, 1.807) is 12.1 Å². The van der Waals surface area contributed by atoms with Gasteiger partial charge in [0.1, 0.15) is 0 Å². The summed E-state index contributed by atoms with van der Waals surface area (Å²) in [6.45, 7) is 8.92. The van der Waals surface area contributed by atoms with Crippen molar-refractivity contribution in [3.05, 3.63) is 88.5 Å². The Morgan fingerprint density at radius 3 is 2.06 bits per heavy atom. The molecule has 1 saturated heterocycles. The molecule has 1 N–H and O–H groups in total. The van der Waals surface area contributed by atoms with Gasteiger partial charge in [-0.3, -0.25) is 0 Å². The fraction of sp³-hybridized carbons (Fsp3) is 0.357. The highest BCUT2D eigenvalue weighted by Crippen LogP contribution is 2.33. The fourth-order valence-electron chi connectivity index (χ4n) is 4.64. The van der Waals surface area contributed by atoms with Gasteiger partial charge in [-0.2, -0.15) is 13.2 Å². The van der Waals surface area contributed by atoms with Crippen molar-refractivity contribution >= 4 is 18.1 Å². The maximum atomic E-state index is 13.1. The van der Waals surface area contributed by atoms with Gasteiger partial charge in [0.25, 0.3) is 0 Å². The molecule has 2 nitrogen and oxygen atoms in total. The van der Waals surface area contributed by atoms with Gasteiger partial charge >= 0.3 is 6.18 Å². The smallest absolute Gasteiger partial charge is 0.364 e. The summed E-state index contributed by atoms with van der Waals surface area (Å²) >= 11 is 0. The van der Waals surface area contributed by atoms with E-state index in [1.165, 1.54) is 34.4 Å². The van der Waals surface area contributed by atoms with Gasteiger partial charge in [0.15, 0.2) is 0 Å². The molecule has 1 fully saturated rings. The van der Waals surface area contributed by atoms with Crippen LogP contribution in [-0.2, 0) is 12.7 Å². The SMILES string of the molecule is Cc1cc(-c2cccc(CN(c3ccc(C(F)(F)F)cc3)C3CCNCC3)c2)cc(C)c1C.Cl. The molecule has 6 heteroatoms.